The van der Waals surface area contributed by atoms with E-state index < -0.39 is 0 Å². The molecule has 1 saturated heterocycles. The number of likely N-dealkylation sites (tertiary alicyclic amines) is 1. The Balaban J connectivity index is 0.00000341. The highest BCUT2D eigenvalue weighted by Gasteiger charge is 2.24. The lowest BCUT2D eigenvalue weighted by Gasteiger charge is -2.27. The van der Waals surface area contributed by atoms with Gasteiger partial charge in [0.25, 0.3) is 0 Å². The molecule has 2 aromatic rings. The summed E-state index contributed by atoms with van der Waals surface area (Å²) in [7, 11) is 1.67. The normalized spacial score (nSPS) is 15.4. The zero-order valence-electron chi connectivity index (χ0n) is 18.5. The van der Waals surface area contributed by atoms with Crippen molar-refractivity contribution in [2.75, 3.05) is 46.5 Å². The first-order chi connectivity index (χ1) is 14.8. The van der Waals surface area contributed by atoms with E-state index in [1.165, 1.54) is 30.8 Å². The maximum absolute atomic E-state index is 5.63. The fourth-order valence-electron chi connectivity index (χ4n) is 3.58. The van der Waals surface area contributed by atoms with Gasteiger partial charge < -0.3 is 20.1 Å². The highest BCUT2D eigenvalue weighted by Crippen LogP contribution is 2.27. The monoisotopic (exact) mass is 558 g/mol. The molecule has 3 rings (SSSR count). The predicted octanol–water partition coefficient (Wildman–Crippen LogP) is 4.28. The van der Waals surface area contributed by atoms with E-state index in [0.717, 1.165) is 30.4 Å². The van der Waals surface area contributed by atoms with E-state index in [1.54, 1.807) is 7.11 Å². The Kier molecular flexibility index (Phi) is 12.2. The van der Waals surface area contributed by atoms with Gasteiger partial charge in [-0.25, -0.2) is 4.99 Å². The smallest absolute Gasteiger partial charge is 0.191 e. The summed E-state index contributed by atoms with van der Waals surface area (Å²) in [6.07, 6.45) is 2.59. The van der Waals surface area contributed by atoms with E-state index in [9.17, 15) is 0 Å². The minimum atomic E-state index is 0. The second-order valence-corrected chi connectivity index (χ2v) is 8.31. The summed E-state index contributed by atoms with van der Waals surface area (Å²) in [4.78, 5) is 8.80. The summed E-state index contributed by atoms with van der Waals surface area (Å²) >= 11 is 1.84. The number of rotatable bonds is 11. The van der Waals surface area contributed by atoms with Crippen molar-refractivity contribution >= 4 is 41.3 Å². The molecule has 0 aliphatic carbocycles. The molecule has 1 aliphatic rings. The third kappa shape index (κ3) is 8.59. The molecular formula is C23H35IN4O2S. The van der Waals surface area contributed by atoms with Crippen LogP contribution in [0.15, 0.2) is 46.8 Å². The number of hydrogen-bond donors (Lipinski definition) is 2. The Morgan fingerprint density at radius 3 is 2.55 bits per heavy atom. The van der Waals surface area contributed by atoms with Gasteiger partial charge in [-0.05, 0) is 62.0 Å². The van der Waals surface area contributed by atoms with Crippen LogP contribution in [0.25, 0.3) is 0 Å². The quantitative estimate of drug-likeness (QED) is 0.187. The largest absolute Gasteiger partial charge is 0.491 e. The van der Waals surface area contributed by atoms with Crippen molar-refractivity contribution in [2.24, 2.45) is 4.99 Å². The molecule has 8 heteroatoms. The first-order valence-corrected chi connectivity index (χ1v) is 11.7. The van der Waals surface area contributed by atoms with Gasteiger partial charge in [0, 0.05) is 25.1 Å². The van der Waals surface area contributed by atoms with Crippen LogP contribution < -0.4 is 15.4 Å². The Morgan fingerprint density at radius 2 is 1.90 bits per heavy atom. The average Bonchev–Trinajstić information content (AvgIpc) is 3.48. The number of nitrogens with one attached hydrogen (secondary N) is 2. The summed E-state index contributed by atoms with van der Waals surface area (Å²) in [6.45, 7) is 7.93. The van der Waals surface area contributed by atoms with Crippen molar-refractivity contribution in [2.45, 2.75) is 32.4 Å². The number of benzene rings is 1. The van der Waals surface area contributed by atoms with Crippen LogP contribution >= 0.6 is 35.3 Å². The van der Waals surface area contributed by atoms with Gasteiger partial charge in [-0.1, -0.05) is 18.2 Å². The molecule has 1 aromatic heterocycles. The number of halogens is 1. The minimum Gasteiger partial charge on any atom is -0.491 e. The van der Waals surface area contributed by atoms with Crippen molar-refractivity contribution in [3.05, 3.63) is 52.2 Å². The summed E-state index contributed by atoms with van der Waals surface area (Å²) in [5.74, 6) is 1.72. The summed E-state index contributed by atoms with van der Waals surface area (Å²) < 4.78 is 10.6. The fourth-order valence-corrected chi connectivity index (χ4v) is 4.44. The molecule has 172 valence electrons. The maximum atomic E-state index is 5.63. The van der Waals surface area contributed by atoms with Crippen LogP contribution in [-0.2, 0) is 11.3 Å². The third-order valence-electron chi connectivity index (χ3n) is 5.16. The third-order valence-corrected chi connectivity index (χ3v) is 6.13. The molecule has 1 atom stereocenters. The average molecular weight is 559 g/mol. The Bertz CT molecular complexity index is 749. The van der Waals surface area contributed by atoms with Crippen molar-refractivity contribution in [1.29, 1.82) is 0 Å². The number of ether oxygens (including phenoxy) is 2. The molecule has 0 saturated carbocycles. The van der Waals surface area contributed by atoms with Crippen molar-refractivity contribution in [3.63, 3.8) is 0 Å². The van der Waals surface area contributed by atoms with Gasteiger partial charge in [0.15, 0.2) is 5.96 Å². The second kappa shape index (κ2) is 14.7. The first-order valence-electron chi connectivity index (χ1n) is 10.8. The van der Waals surface area contributed by atoms with Gasteiger partial charge in [0.2, 0.25) is 0 Å². The Hall–Kier alpha value is -1.36. The van der Waals surface area contributed by atoms with E-state index in [1.807, 2.05) is 23.5 Å². The van der Waals surface area contributed by atoms with Crippen LogP contribution in [0, 0.1) is 0 Å². The van der Waals surface area contributed by atoms with E-state index >= 15 is 0 Å². The number of nitrogens with zero attached hydrogens (tertiary/aromatic N) is 2. The number of thiophene rings is 1. The first kappa shape index (κ1) is 25.9. The molecule has 1 unspecified atom stereocenters. The molecule has 2 heterocycles. The fraction of sp³-hybridized carbons (Fsp3) is 0.522. The van der Waals surface area contributed by atoms with Gasteiger partial charge in [-0.2, -0.15) is 0 Å². The highest BCUT2D eigenvalue weighted by atomic mass is 127. The van der Waals surface area contributed by atoms with Crippen LogP contribution in [0.5, 0.6) is 5.75 Å². The SMILES string of the molecule is CCNC(=NCc1ccc(OCCOC)cc1)NCC(c1cccs1)N1CCCC1.I. The summed E-state index contributed by atoms with van der Waals surface area (Å²) in [6, 6.07) is 12.9. The zero-order valence-corrected chi connectivity index (χ0v) is 21.7. The van der Waals surface area contributed by atoms with Crippen LogP contribution in [-0.4, -0.2) is 57.4 Å². The number of hydrogen-bond acceptors (Lipinski definition) is 5. The van der Waals surface area contributed by atoms with Crippen LogP contribution in [0.1, 0.15) is 36.2 Å². The standard InChI is InChI=1S/C23H34N4O2S.HI/c1-3-24-23(25-17-19-8-10-20(11-9-19)29-15-14-28-2)26-18-21(22-7-6-16-30-22)27-12-4-5-13-27;/h6-11,16,21H,3-5,12-15,17-18H2,1-2H3,(H2,24,25,26);1H. The molecule has 1 aromatic carbocycles. The van der Waals surface area contributed by atoms with Crippen molar-refractivity contribution in [3.8, 4) is 5.75 Å². The Labute approximate surface area is 207 Å². The molecule has 31 heavy (non-hydrogen) atoms. The lowest BCUT2D eigenvalue weighted by atomic mass is 10.2. The topological polar surface area (TPSA) is 58.1 Å². The number of aliphatic imine (C=N–C) groups is 1. The Morgan fingerprint density at radius 1 is 1.13 bits per heavy atom. The second-order valence-electron chi connectivity index (χ2n) is 7.34. The van der Waals surface area contributed by atoms with Crippen molar-refractivity contribution < 1.29 is 9.47 Å². The molecule has 1 aliphatic heterocycles. The van der Waals surface area contributed by atoms with E-state index in [-0.39, 0.29) is 24.0 Å². The molecule has 0 bridgehead atoms. The molecule has 0 spiro atoms. The maximum Gasteiger partial charge on any atom is 0.191 e. The summed E-state index contributed by atoms with van der Waals surface area (Å²) in [5, 5.41) is 9.11. The van der Waals surface area contributed by atoms with Crippen molar-refractivity contribution in [1.82, 2.24) is 15.5 Å². The van der Waals surface area contributed by atoms with Crippen LogP contribution in [0.4, 0.5) is 0 Å². The summed E-state index contributed by atoms with van der Waals surface area (Å²) in [5.41, 5.74) is 1.15. The van der Waals surface area contributed by atoms with Gasteiger partial charge in [0.05, 0.1) is 19.2 Å². The minimum absolute atomic E-state index is 0. The molecular weight excluding hydrogens is 523 g/mol. The molecule has 6 nitrogen and oxygen atoms in total. The lowest BCUT2D eigenvalue weighted by molar-refractivity contribution is 0.146. The number of methoxy groups -OCH3 is 1. The van der Waals surface area contributed by atoms with Gasteiger partial charge in [0.1, 0.15) is 12.4 Å². The molecule has 0 amide bonds. The van der Waals surface area contributed by atoms with E-state index in [4.69, 9.17) is 14.5 Å². The molecule has 1 fully saturated rings. The van der Waals surface area contributed by atoms with E-state index in [0.29, 0.717) is 25.8 Å². The van der Waals surface area contributed by atoms with Gasteiger partial charge in [-0.15, -0.1) is 35.3 Å². The van der Waals surface area contributed by atoms with Crippen LogP contribution in [0.3, 0.4) is 0 Å². The molecule has 2 N–H and O–H groups in total. The zero-order chi connectivity index (χ0) is 21.0. The van der Waals surface area contributed by atoms with E-state index in [2.05, 4.69) is 52.1 Å². The van der Waals surface area contributed by atoms with Gasteiger partial charge in [-0.3, -0.25) is 4.90 Å². The highest BCUT2D eigenvalue weighted by molar-refractivity contribution is 14.0. The van der Waals surface area contributed by atoms with Gasteiger partial charge >= 0.3 is 0 Å². The molecule has 0 radical (unpaired) electrons. The lowest BCUT2D eigenvalue weighted by Crippen LogP contribution is -2.42. The van der Waals surface area contributed by atoms with Crippen LogP contribution in [0.2, 0.25) is 0 Å². The predicted molar refractivity (Wildman–Crippen MR) is 140 cm³/mol. The number of guanidine groups is 1.